The average molecular weight is 296 g/mol. The smallest absolute Gasteiger partial charge is 0.124 e. The summed E-state index contributed by atoms with van der Waals surface area (Å²) >= 11 is 0. The Hall–Kier alpha value is -3.00. The molecule has 0 aliphatic carbocycles. The molecule has 23 heavy (non-hydrogen) atoms. The summed E-state index contributed by atoms with van der Waals surface area (Å²) < 4.78 is 0. The lowest BCUT2D eigenvalue weighted by Gasteiger charge is -2.30. The van der Waals surface area contributed by atoms with Crippen molar-refractivity contribution in [1.82, 2.24) is 0 Å². The van der Waals surface area contributed by atoms with Crippen LogP contribution in [-0.2, 0) is 0 Å². The van der Waals surface area contributed by atoms with Crippen molar-refractivity contribution in [3.63, 3.8) is 0 Å². The van der Waals surface area contributed by atoms with Crippen LogP contribution in [0.3, 0.4) is 0 Å². The van der Waals surface area contributed by atoms with Crippen LogP contribution in [0.5, 0.6) is 0 Å². The van der Waals surface area contributed by atoms with Crippen LogP contribution in [0.2, 0.25) is 0 Å². The molecule has 0 bridgehead atoms. The fourth-order valence-electron chi connectivity index (χ4n) is 3.59. The van der Waals surface area contributed by atoms with Gasteiger partial charge in [-0.2, -0.15) is 0 Å². The standard InChI is InChI=1S/C21H16N2/c1-2-10-16-14(6-1)7-3-11-17(16)21-22-18-12-4-8-15-9-5-13-19(23-21)20(15)18/h1-13,21-23H. The van der Waals surface area contributed by atoms with Crippen molar-refractivity contribution in [2.45, 2.75) is 6.17 Å². The van der Waals surface area contributed by atoms with E-state index in [1.54, 1.807) is 0 Å². The lowest BCUT2D eigenvalue weighted by Crippen LogP contribution is -2.23. The van der Waals surface area contributed by atoms with Gasteiger partial charge in [-0.05, 0) is 28.3 Å². The van der Waals surface area contributed by atoms with E-state index in [1.165, 1.54) is 38.5 Å². The third-order valence-corrected chi connectivity index (χ3v) is 4.64. The summed E-state index contributed by atoms with van der Waals surface area (Å²) in [4.78, 5) is 0. The normalized spacial score (nSPS) is 13.7. The number of hydrogen-bond donors (Lipinski definition) is 2. The molecule has 0 amide bonds. The number of hydrogen-bond acceptors (Lipinski definition) is 2. The van der Waals surface area contributed by atoms with Crippen LogP contribution in [0.25, 0.3) is 21.5 Å². The van der Waals surface area contributed by atoms with Crippen LogP contribution in [0, 0.1) is 0 Å². The number of fused-ring (bicyclic) bond motifs is 1. The Morgan fingerprint density at radius 3 is 1.96 bits per heavy atom. The van der Waals surface area contributed by atoms with E-state index in [2.05, 4.69) is 89.5 Å². The molecule has 1 heterocycles. The van der Waals surface area contributed by atoms with Gasteiger partial charge >= 0.3 is 0 Å². The lowest BCUT2D eigenvalue weighted by molar-refractivity contribution is 0.907. The fraction of sp³-hybridized carbons (Fsp3) is 0.0476. The zero-order chi connectivity index (χ0) is 15.2. The Morgan fingerprint density at radius 1 is 0.565 bits per heavy atom. The quantitative estimate of drug-likeness (QED) is 0.482. The predicted molar refractivity (Wildman–Crippen MR) is 97.9 cm³/mol. The second-order valence-electron chi connectivity index (χ2n) is 6.00. The van der Waals surface area contributed by atoms with Crippen LogP contribution in [0.15, 0.2) is 78.9 Å². The maximum atomic E-state index is 3.66. The van der Waals surface area contributed by atoms with Crippen LogP contribution < -0.4 is 10.6 Å². The summed E-state index contributed by atoms with van der Waals surface area (Å²) in [6, 6.07) is 27.9. The van der Waals surface area contributed by atoms with Crippen molar-refractivity contribution in [3.8, 4) is 0 Å². The van der Waals surface area contributed by atoms with E-state index in [-0.39, 0.29) is 6.17 Å². The minimum atomic E-state index is 0.0709. The molecule has 5 rings (SSSR count). The molecule has 0 spiro atoms. The summed E-state index contributed by atoms with van der Waals surface area (Å²) in [6.07, 6.45) is 0.0709. The first-order valence-electron chi connectivity index (χ1n) is 7.93. The van der Waals surface area contributed by atoms with E-state index in [0.717, 1.165) is 0 Å². The van der Waals surface area contributed by atoms with Crippen molar-refractivity contribution in [3.05, 3.63) is 84.4 Å². The second kappa shape index (κ2) is 4.75. The maximum Gasteiger partial charge on any atom is 0.124 e. The third-order valence-electron chi connectivity index (χ3n) is 4.64. The van der Waals surface area contributed by atoms with Gasteiger partial charge in [0.25, 0.3) is 0 Å². The van der Waals surface area contributed by atoms with E-state index in [0.29, 0.717) is 0 Å². The van der Waals surface area contributed by atoms with Crippen LogP contribution in [0.4, 0.5) is 11.4 Å². The first-order chi connectivity index (χ1) is 11.4. The molecule has 0 atom stereocenters. The van der Waals surface area contributed by atoms with Crippen molar-refractivity contribution < 1.29 is 0 Å². The highest BCUT2D eigenvalue weighted by Gasteiger charge is 2.21. The number of benzene rings is 4. The first-order valence-corrected chi connectivity index (χ1v) is 7.93. The maximum absolute atomic E-state index is 3.66. The van der Waals surface area contributed by atoms with Crippen LogP contribution in [0.1, 0.15) is 11.7 Å². The van der Waals surface area contributed by atoms with Crippen molar-refractivity contribution in [2.75, 3.05) is 10.6 Å². The summed E-state index contributed by atoms with van der Waals surface area (Å²) in [5.41, 5.74) is 3.65. The van der Waals surface area contributed by atoms with Gasteiger partial charge in [0.1, 0.15) is 6.17 Å². The first kappa shape index (κ1) is 12.5. The molecule has 0 unspecified atom stereocenters. The van der Waals surface area contributed by atoms with Gasteiger partial charge in [-0.3, -0.25) is 0 Å². The third kappa shape index (κ3) is 1.88. The van der Waals surface area contributed by atoms with Crippen molar-refractivity contribution >= 4 is 32.9 Å². The van der Waals surface area contributed by atoms with Gasteiger partial charge in [0.15, 0.2) is 0 Å². The Morgan fingerprint density at radius 2 is 1.17 bits per heavy atom. The molecule has 0 saturated heterocycles. The topological polar surface area (TPSA) is 24.1 Å². The number of anilines is 2. The minimum absolute atomic E-state index is 0.0709. The highest BCUT2D eigenvalue weighted by atomic mass is 15.1. The van der Waals surface area contributed by atoms with Gasteiger partial charge < -0.3 is 10.6 Å². The molecule has 0 saturated carbocycles. The monoisotopic (exact) mass is 296 g/mol. The minimum Gasteiger partial charge on any atom is -0.361 e. The molecule has 2 N–H and O–H groups in total. The van der Waals surface area contributed by atoms with Crippen LogP contribution >= 0.6 is 0 Å². The van der Waals surface area contributed by atoms with Gasteiger partial charge in [0.05, 0.1) is 0 Å². The van der Waals surface area contributed by atoms with E-state index in [4.69, 9.17) is 0 Å². The van der Waals surface area contributed by atoms with E-state index in [9.17, 15) is 0 Å². The highest BCUT2D eigenvalue weighted by Crippen LogP contribution is 2.39. The molecule has 1 aliphatic heterocycles. The van der Waals surface area contributed by atoms with Gasteiger partial charge in [-0.25, -0.2) is 0 Å². The summed E-state index contributed by atoms with van der Waals surface area (Å²) in [5, 5.41) is 12.4. The SMILES string of the molecule is c1ccc2c(C3Nc4cccc5cccc(c45)N3)cccc2c1. The number of nitrogens with one attached hydrogen (secondary N) is 2. The summed E-state index contributed by atoms with van der Waals surface area (Å²) in [5.74, 6) is 0. The molecule has 1 aliphatic rings. The van der Waals surface area contributed by atoms with Gasteiger partial charge in [0.2, 0.25) is 0 Å². The van der Waals surface area contributed by atoms with Crippen molar-refractivity contribution in [2.24, 2.45) is 0 Å². The van der Waals surface area contributed by atoms with E-state index < -0.39 is 0 Å². The van der Waals surface area contributed by atoms with Gasteiger partial charge in [-0.1, -0.05) is 66.7 Å². The fourth-order valence-corrected chi connectivity index (χ4v) is 3.59. The zero-order valence-electron chi connectivity index (χ0n) is 12.6. The lowest BCUT2D eigenvalue weighted by atomic mass is 9.99. The predicted octanol–water partition coefficient (Wildman–Crippen LogP) is 5.53. The largest absolute Gasteiger partial charge is 0.361 e. The second-order valence-corrected chi connectivity index (χ2v) is 6.00. The summed E-state index contributed by atoms with van der Waals surface area (Å²) in [6.45, 7) is 0. The molecule has 4 aromatic rings. The average Bonchev–Trinajstić information content (AvgIpc) is 2.61. The number of rotatable bonds is 1. The van der Waals surface area contributed by atoms with Crippen molar-refractivity contribution in [1.29, 1.82) is 0 Å². The Kier molecular flexibility index (Phi) is 2.59. The molecule has 4 aromatic carbocycles. The molecular weight excluding hydrogens is 280 g/mol. The van der Waals surface area contributed by atoms with Gasteiger partial charge in [0, 0.05) is 22.3 Å². The molecule has 2 nitrogen and oxygen atoms in total. The Labute approximate surface area is 134 Å². The highest BCUT2D eigenvalue weighted by molar-refractivity contribution is 6.05. The molecular formula is C21H16N2. The van der Waals surface area contributed by atoms with Crippen LogP contribution in [-0.4, -0.2) is 0 Å². The molecule has 110 valence electrons. The Bertz CT molecular complexity index is 990. The van der Waals surface area contributed by atoms with E-state index >= 15 is 0 Å². The molecule has 0 aromatic heterocycles. The molecule has 0 radical (unpaired) electrons. The zero-order valence-corrected chi connectivity index (χ0v) is 12.6. The Balaban J connectivity index is 1.69. The molecule has 0 fully saturated rings. The molecule has 2 heteroatoms. The summed E-state index contributed by atoms with van der Waals surface area (Å²) in [7, 11) is 0. The van der Waals surface area contributed by atoms with E-state index in [1.807, 2.05) is 0 Å². The van der Waals surface area contributed by atoms with Gasteiger partial charge in [-0.15, -0.1) is 0 Å².